The third kappa shape index (κ3) is 14.9. The molecule has 0 saturated heterocycles. The Hall–Kier alpha value is -4.02. The zero-order valence-corrected chi connectivity index (χ0v) is 17.3. The summed E-state index contributed by atoms with van der Waals surface area (Å²) in [5.74, 6) is -4.79. The smallest absolute Gasteiger partial charge is 0.362 e. The highest BCUT2D eigenvalue weighted by Crippen LogP contribution is 2.01. The molecule has 0 aliphatic rings. The zero-order chi connectivity index (χ0) is 24.5. The molecule has 0 bridgehead atoms. The summed E-state index contributed by atoms with van der Waals surface area (Å²) in [4.78, 5) is 39.7. The molecule has 0 amide bonds. The van der Waals surface area contributed by atoms with Gasteiger partial charge in [0.25, 0.3) is 0 Å². The van der Waals surface area contributed by atoms with Gasteiger partial charge in [0.1, 0.15) is 0 Å². The predicted molar refractivity (Wildman–Crippen MR) is 108 cm³/mol. The second kappa shape index (κ2) is 15.8. The fourth-order valence-electron chi connectivity index (χ4n) is 2.11. The topological polar surface area (TPSA) is 210 Å². The number of hydrogen-bond acceptors (Lipinski definition) is 6. The van der Waals surface area contributed by atoms with Crippen LogP contribution in [0.2, 0.25) is 0 Å². The van der Waals surface area contributed by atoms with E-state index in [0.29, 0.717) is 25.0 Å². The average Bonchev–Trinajstić information content (AvgIpc) is 2.74. The molecule has 0 unspecified atom stereocenters. The minimum atomic E-state index is -1.55. The van der Waals surface area contributed by atoms with Crippen molar-refractivity contribution in [2.45, 2.75) is 24.9 Å². The van der Waals surface area contributed by atoms with E-state index in [-0.39, 0.29) is 0 Å². The molecular weight excluding hydrogens is 420 g/mol. The van der Waals surface area contributed by atoms with Gasteiger partial charge in [-0.15, -0.1) is 0 Å². The van der Waals surface area contributed by atoms with Gasteiger partial charge in [-0.05, 0) is 23.3 Å². The van der Waals surface area contributed by atoms with Crippen molar-refractivity contribution in [3.05, 3.63) is 83.9 Å². The summed E-state index contributed by atoms with van der Waals surface area (Å²) in [6.07, 6.45) is 1.76. The molecule has 10 heteroatoms. The molecule has 0 aliphatic carbocycles. The molecule has 2 atom stereocenters. The van der Waals surface area contributed by atoms with Gasteiger partial charge in [0.15, 0.2) is 12.1 Å². The first-order valence-corrected chi connectivity index (χ1v) is 9.32. The molecule has 0 spiro atoms. The van der Waals surface area contributed by atoms with E-state index < -0.39 is 36.0 Å². The normalized spacial score (nSPS) is 11.7. The summed E-state index contributed by atoms with van der Waals surface area (Å²) in [7, 11) is 0. The van der Waals surface area contributed by atoms with Crippen LogP contribution in [0.25, 0.3) is 0 Å². The van der Waals surface area contributed by atoms with Gasteiger partial charge in [0.05, 0.1) is 11.9 Å². The minimum Gasteiger partial charge on any atom is -0.545 e. The molecule has 2 aromatic carbocycles. The Morgan fingerprint density at radius 3 is 1.19 bits per heavy atom. The first-order chi connectivity index (χ1) is 15.0. The van der Waals surface area contributed by atoms with Crippen LogP contribution in [0.15, 0.2) is 72.8 Å². The second-order valence-corrected chi connectivity index (χ2v) is 6.42. The van der Waals surface area contributed by atoms with Crippen molar-refractivity contribution in [2.75, 3.05) is 0 Å². The summed E-state index contributed by atoms with van der Waals surface area (Å²) < 4.78 is 0. The van der Waals surface area contributed by atoms with Gasteiger partial charge in [-0.2, -0.15) is 0 Å². The molecule has 2 aromatic rings. The number of aliphatic carboxylic acids is 4. The van der Waals surface area contributed by atoms with Crippen molar-refractivity contribution < 1.29 is 51.1 Å². The number of carbonyl (C=O) groups is 4. The van der Waals surface area contributed by atoms with Crippen molar-refractivity contribution in [1.82, 2.24) is 0 Å². The standard InChI is InChI=1S/2C9H11NO2.C4H4O4/c2*10-8(9(11)12)6-7-4-2-1-3-5-7;5-3(6)1-2-4(7)8/h2*1-5,8H,6,10H2,(H,11,12);1-2H,(H,5,6)(H,7,8)/b;;2-1-/t2*8-;/m00./s1. The third-order valence-corrected chi connectivity index (χ3v) is 3.70. The molecule has 0 fully saturated rings. The van der Waals surface area contributed by atoms with Crippen LogP contribution in [0.4, 0.5) is 0 Å². The van der Waals surface area contributed by atoms with E-state index in [1.807, 2.05) is 60.7 Å². The lowest BCUT2D eigenvalue weighted by Gasteiger charge is -2.02. The molecule has 8 N–H and O–H groups in total. The number of quaternary nitrogens is 2. The molecule has 0 heterocycles. The molecular formula is C22H26N2O8. The van der Waals surface area contributed by atoms with Crippen LogP contribution in [0.1, 0.15) is 11.1 Å². The summed E-state index contributed by atoms with van der Waals surface area (Å²) in [5, 5.41) is 36.0. The Morgan fingerprint density at radius 1 is 0.688 bits per heavy atom. The van der Waals surface area contributed by atoms with Gasteiger partial charge in [0.2, 0.25) is 0 Å². The van der Waals surface area contributed by atoms with Gasteiger partial charge in [-0.1, -0.05) is 60.7 Å². The van der Waals surface area contributed by atoms with E-state index in [0.717, 1.165) is 11.1 Å². The molecule has 10 nitrogen and oxygen atoms in total. The summed E-state index contributed by atoms with van der Waals surface area (Å²) in [5.41, 5.74) is 9.09. The molecule has 172 valence electrons. The highest BCUT2D eigenvalue weighted by atomic mass is 16.4. The van der Waals surface area contributed by atoms with Gasteiger partial charge in [0, 0.05) is 12.8 Å². The maximum Gasteiger partial charge on any atom is 0.362 e. The maximum absolute atomic E-state index is 10.4. The quantitative estimate of drug-likeness (QED) is 0.304. The lowest BCUT2D eigenvalue weighted by atomic mass is 10.1. The number of hydrogen-bond donors (Lipinski definition) is 4. The monoisotopic (exact) mass is 446 g/mol. The largest absolute Gasteiger partial charge is 0.545 e. The first kappa shape index (κ1) is 28.0. The van der Waals surface area contributed by atoms with Crippen LogP contribution in [0.5, 0.6) is 0 Å². The molecule has 32 heavy (non-hydrogen) atoms. The predicted octanol–water partition coefficient (Wildman–Crippen LogP) is -3.11. The SMILES string of the molecule is O=C([O-])/C=C\C(=O)[O-].[NH3+][C@@H](Cc1ccccc1)C(=O)O.[NH3+][C@@H](Cc1ccccc1)C(=O)O. The lowest BCUT2D eigenvalue weighted by molar-refractivity contribution is -0.407. The van der Waals surface area contributed by atoms with E-state index in [1.54, 1.807) is 0 Å². The van der Waals surface area contributed by atoms with Crippen molar-refractivity contribution in [1.29, 1.82) is 0 Å². The summed E-state index contributed by atoms with van der Waals surface area (Å²) in [6.45, 7) is 0. The Labute approximate surface area is 184 Å². The van der Waals surface area contributed by atoms with Crippen LogP contribution in [0, 0.1) is 0 Å². The highest BCUT2D eigenvalue weighted by molar-refractivity contribution is 5.87. The fourth-order valence-corrected chi connectivity index (χ4v) is 2.11. The van der Waals surface area contributed by atoms with Crippen LogP contribution in [0.3, 0.4) is 0 Å². The number of benzene rings is 2. The lowest BCUT2D eigenvalue weighted by Crippen LogP contribution is -2.65. The van der Waals surface area contributed by atoms with Crippen LogP contribution < -0.4 is 21.7 Å². The highest BCUT2D eigenvalue weighted by Gasteiger charge is 2.15. The van der Waals surface area contributed by atoms with E-state index in [2.05, 4.69) is 11.5 Å². The average molecular weight is 446 g/mol. The number of rotatable bonds is 8. The molecule has 2 rings (SSSR count). The second-order valence-electron chi connectivity index (χ2n) is 6.42. The van der Waals surface area contributed by atoms with Crippen molar-refractivity contribution in [2.24, 2.45) is 0 Å². The minimum absolute atomic E-state index is 0.384. The van der Waals surface area contributed by atoms with Gasteiger partial charge in [-0.25, -0.2) is 9.59 Å². The number of carboxylic acid groups (broad SMARTS) is 4. The Kier molecular flexibility index (Phi) is 13.8. The van der Waals surface area contributed by atoms with Gasteiger partial charge >= 0.3 is 11.9 Å². The van der Waals surface area contributed by atoms with E-state index in [4.69, 9.17) is 10.2 Å². The van der Waals surface area contributed by atoms with E-state index >= 15 is 0 Å². The Bertz CT molecular complexity index is 812. The molecule has 0 saturated carbocycles. The van der Waals surface area contributed by atoms with Crippen LogP contribution >= 0.6 is 0 Å². The van der Waals surface area contributed by atoms with Crippen molar-refractivity contribution in [3.8, 4) is 0 Å². The molecule has 0 aliphatic heterocycles. The first-order valence-electron chi connectivity index (χ1n) is 9.32. The summed E-state index contributed by atoms with van der Waals surface area (Å²) >= 11 is 0. The van der Waals surface area contributed by atoms with Gasteiger partial charge in [-0.3, -0.25) is 0 Å². The summed E-state index contributed by atoms with van der Waals surface area (Å²) in [6, 6.07) is 17.9. The van der Waals surface area contributed by atoms with Crippen molar-refractivity contribution in [3.63, 3.8) is 0 Å². The van der Waals surface area contributed by atoms with Crippen LogP contribution in [-0.4, -0.2) is 46.2 Å². The van der Waals surface area contributed by atoms with Crippen molar-refractivity contribution >= 4 is 23.9 Å². The number of carboxylic acids is 4. The maximum atomic E-state index is 10.4. The Balaban J connectivity index is 0.000000462. The molecule has 0 radical (unpaired) electrons. The van der Waals surface area contributed by atoms with Crippen LogP contribution in [-0.2, 0) is 32.0 Å². The van der Waals surface area contributed by atoms with E-state index in [1.165, 1.54) is 0 Å². The van der Waals surface area contributed by atoms with Gasteiger partial charge < -0.3 is 41.5 Å². The fraction of sp³-hybridized carbons (Fsp3) is 0.182. The third-order valence-electron chi connectivity index (χ3n) is 3.70. The Morgan fingerprint density at radius 2 is 0.969 bits per heavy atom. The number of carbonyl (C=O) groups excluding carboxylic acids is 2. The molecule has 0 aromatic heterocycles. The van der Waals surface area contributed by atoms with E-state index in [9.17, 15) is 29.4 Å². The zero-order valence-electron chi connectivity index (χ0n) is 17.3.